The highest BCUT2D eigenvalue weighted by molar-refractivity contribution is 6.00. The van der Waals surface area contributed by atoms with Crippen LogP contribution in [0.25, 0.3) is 10.9 Å². The number of benzene rings is 2. The van der Waals surface area contributed by atoms with Gasteiger partial charge in [-0.05, 0) is 48.7 Å². The summed E-state index contributed by atoms with van der Waals surface area (Å²) in [7, 11) is 1.64. The number of nitrogens with zero attached hydrogens (tertiary/aromatic N) is 1. The predicted molar refractivity (Wildman–Crippen MR) is 99.1 cm³/mol. The fraction of sp³-hybridized carbons (Fsp3) is 0.200. The first-order chi connectivity index (χ1) is 12.2. The molecule has 0 fully saturated rings. The second-order valence-corrected chi connectivity index (χ2v) is 6.12. The molecule has 1 amide bonds. The van der Waals surface area contributed by atoms with E-state index in [1.54, 1.807) is 13.3 Å². The highest BCUT2D eigenvalue weighted by atomic mass is 16.5. The van der Waals surface area contributed by atoms with E-state index in [4.69, 9.17) is 4.74 Å². The summed E-state index contributed by atoms with van der Waals surface area (Å²) in [6, 6.07) is 15.3. The predicted octanol–water partition coefficient (Wildman–Crippen LogP) is 3.61. The molecule has 5 nitrogen and oxygen atoms in total. The first kappa shape index (κ1) is 15.4. The van der Waals surface area contributed by atoms with Crippen molar-refractivity contribution in [2.45, 2.75) is 18.9 Å². The van der Waals surface area contributed by atoms with Crippen LogP contribution in [-0.2, 0) is 11.2 Å². The number of ether oxygens (including phenoxy) is 1. The third-order valence-corrected chi connectivity index (χ3v) is 4.57. The summed E-state index contributed by atoms with van der Waals surface area (Å²) in [5.74, 6) is 0.749. The Morgan fingerprint density at radius 3 is 2.96 bits per heavy atom. The molecule has 1 unspecified atom stereocenters. The summed E-state index contributed by atoms with van der Waals surface area (Å²) in [5, 5.41) is 7.35. The number of fused-ring (bicyclic) bond motifs is 2. The zero-order valence-corrected chi connectivity index (χ0v) is 14.0. The average Bonchev–Trinajstić information content (AvgIpc) is 2.80. The standard InChI is InChI=1S/C20H19N3O2/c1-25-14-7-9-17-15(12-14)18(10-11-21-17)22-19-8-6-13-4-2-3-5-16(13)23-20(19)24/h2-5,7,9-12,19H,6,8H2,1H3,(H,21,22)(H,23,24). The van der Waals surface area contributed by atoms with E-state index in [0.717, 1.165) is 40.9 Å². The fourth-order valence-corrected chi connectivity index (χ4v) is 3.21. The van der Waals surface area contributed by atoms with Crippen molar-refractivity contribution in [1.29, 1.82) is 0 Å². The number of aryl methyl sites for hydroxylation is 1. The lowest BCUT2D eigenvalue weighted by atomic mass is 10.1. The molecule has 0 saturated carbocycles. The summed E-state index contributed by atoms with van der Waals surface area (Å²) < 4.78 is 5.32. The molecule has 25 heavy (non-hydrogen) atoms. The fourth-order valence-electron chi connectivity index (χ4n) is 3.21. The van der Waals surface area contributed by atoms with Crippen LogP contribution in [0.4, 0.5) is 11.4 Å². The molecule has 3 aromatic rings. The van der Waals surface area contributed by atoms with Crippen molar-refractivity contribution in [2.75, 3.05) is 17.7 Å². The van der Waals surface area contributed by atoms with Crippen molar-refractivity contribution in [3.63, 3.8) is 0 Å². The Labute approximate surface area is 146 Å². The first-order valence-electron chi connectivity index (χ1n) is 8.32. The Morgan fingerprint density at radius 2 is 2.08 bits per heavy atom. The average molecular weight is 333 g/mol. The van der Waals surface area contributed by atoms with Gasteiger partial charge in [0.05, 0.1) is 12.6 Å². The third kappa shape index (κ3) is 3.01. The number of para-hydroxylation sites is 1. The van der Waals surface area contributed by atoms with E-state index < -0.39 is 0 Å². The summed E-state index contributed by atoms with van der Waals surface area (Å²) in [6.07, 6.45) is 3.33. The molecule has 1 atom stereocenters. The smallest absolute Gasteiger partial charge is 0.246 e. The van der Waals surface area contributed by atoms with Crippen LogP contribution in [0.15, 0.2) is 54.7 Å². The van der Waals surface area contributed by atoms with Crippen LogP contribution in [-0.4, -0.2) is 24.0 Å². The molecule has 126 valence electrons. The molecule has 1 aliphatic rings. The SMILES string of the molecule is COc1ccc2nccc(NC3CCc4ccccc4NC3=O)c2c1. The molecule has 0 aliphatic carbocycles. The summed E-state index contributed by atoms with van der Waals surface area (Å²) >= 11 is 0. The molecule has 0 bridgehead atoms. The number of rotatable bonds is 3. The summed E-state index contributed by atoms with van der Waals surface area (Å²) in [6.45, 7) is 0. The Hall–Kier alpha value is -3.08. The van der Waals surface area contributed by atoms with Crippen LogP contribution in [0.5, 0.6) is 5.75 Å². The van der Waals surface area contributed by atoms with Crippen LogP contribution in [0, 0.1) is 0 Å². The number of amides is 1. The van der Waals surface area contributed by atoms with Crippen molar-refractivity contribution in [3.05, 3.63) is 60.3 Å². The van der Waals surface area contributed by atoms with E-state index in [9.17, 15) is 4.79 Å². The van der Waals surface area contributed by atoms with Gasteiger partial charge < -0.3 is 15.4 Å². The third-order valence-electron chi connectivity index (χ3n) is 4.57. The van der Waals surface area contributed by atoms with Gasteiger partial charge in [-0.1, -0.05) is 18.2 Å². The maximum Gasteiger partial charge on any atom is 0.246 e. The maximum absolute atomic E-state index is 12.6. The van der Waals surface area contributed by atoms with Crippen molar-refractivity contribution >= 4 is 28.2 Å². The lowest BCUT2D eigenvalue weighted by Crippen LogP contribution is -2.33. The van der Waals surface area contributed by atoms with Gasteiger partial charge in [-0.2, -0.15) is 0 Å². The zero-order valence-electron chi connectivity index (χ0n) is 14.0. The van der Waals surface area contributed by atoms with Gasteiger partial charge in [-0.15, -0.1) is 0 Å². The monoisotopic (exact) mass is 333 g/mol. The van der Waals surface area contributed by atoms with E-state index in [0.29, 0.717) is 0 Å². The number of hydrogen-bond donors (Lipinski definition) is 2. The lowest BCUT2D eigenvalue weighted by Gasteiger charge is -2.18. The molecule has 0 spiro atoms. The van der Waals surface area contributed by atoms with E-state index in [-0.39, 0.29) is 11.9 Å². The van der Waals surface area contributed by atoms with Gasteiger partial charge in [-0.25, -0.2) is 0 Å². The van der Waals surface area contributed by atoms with E-state index in [2.05, 4.69) is 21.7 Å². The maximum atomic E-state index is 12.6. The minimum absolute atomic E-state index is 0.0159. The molecule has 0 radical (unpaired) electrons. The van der Waals surface area contributed by atoms with E-state index in [1.165, 1.54) is 5.56 Å². The number of carbonyl (C=O) groups is 1. The second-order valence-electron chi connectivity index (χ2n) is 6.12. The number of nitrogens with one attached hydrogen (secondary N) is 2. The molecule has 2 aromatic carbocycles. The number of aromatic nitrogens is 1. The molecule has 2 heterocycles. The lowest BCUT2D eigenvalue weighted by molar-refractivity contribution is -0.116. The van der Waals surface area contributed by atoms with Crippen LogP contribution in [0.1, 0.15) is 12.0 Å². The zero-order chi connectivity index (χ0) is 17.2. The van der Waals surface area contributed by atoms with Crippen LogP contribution in [0.3, 0.4) is 0 Å². The summed E-state index contributed by atoms with van der Waals surface area (Å²) in [5.41, 5.74) is 3.82. The molecular formula is C20H19N3O2. The first-order valence-corrected chi connectivity index (χ1v) is 8.32. The van der Waals surface area contributed by atoms with Gasteiger partial charge in [0.15, 0.2) is 0 Å². The van der Waals surface area contributed by atoms with Crippen molar-refractivity contribution < 1.29 is 9.53 Å². The van der Waals surface area contributed by atoms with Crippen LogP contribution < -0.4 is 15.4 Å². The quantitative estimate of drug-likeness (QED) is 0.768. The van der Waals surface area contributed by atoms with Crippen molar-refractivity contribution in [2.24, 2.45) is 0 Å². The van der Waals surface area contributed by atoms with Crippen LogP contribution in [0.2, 0.25) is 0 Å². The minimum Gasteiger partial charge on any atom is -0.497 e. The summed E-state index contributed by atoms with van der Waals surface area (Å²) in [4.78, 5) is 17.0. The second kappa shape index (κ2) is 6.43. The van der Waals surface area contributed by atoms with Gasteiger partial charge >= 0.3 is 0 Å². The highest BCUT2D eigenvalue weighted by Gasteiger charge is 2.23. The Bertz CT molecular complexity index is 939. The Balaban J connectivity index is 1.64. The molecule has 1 aliphatic heterocycles. The molecule has 5 heteroatoms. The molecule has 4 rings (SSSR count). The number of carbonyl (C=O) groups excluding carboxylic acids is 1. The largest absolute Gasteiger partial charge is 0.497 e. The highest BCUT2D eigenvalue weighted by Crippen LogP contribution is 2.28. The molecular weight excluding hydrogens is 314 g/mol. The van der Waals surface area contributed by atoms with E-state index >= 15 is 0 Å². The van der Waals surface area contributed by atoms with Gasteiger partial charge in [0.1, 0.15) is 11.8 Å². The number of methoxy groups -OCH3 is 1. The van der Waals surface area contributed by atoms with Gasteiger partial charge in [0.25, 0.3) is 0 Å². The normalized spacial score (nSPS) is 16.7. The van der Waals surface area contributed by atoms with Gasteiger partial charge in [-0.3, -0.25) is 9.78 Å². The van der Waals surface area contributed by atoms with Crippen LogP contribution >= 0.6 is 0 Å². The van der Waals surface area contributed by atoms with Gasteiger partial charge in [0.2, 0.25) is 5.91 Å². The van der Waals surface area contributed by atoms with E-state index in [1.807, 2.05) is 42.5 Å². The molecule has 2 N–H and O–H groups in total. The number of anilines is 2. The molecule has 1 aromatic heterocycles. The van der Waals surface area contributed by atoms with Gasteiger partial charge in [0, 0.05) is 23.0 Å². The number of pyridine rings is 1. The van der Waals surface area contributed by atoms with Crippen molar-refractivity contribution in [1.82, 2.24) is 4.98 Å². The number of hydrogen-bond acceptors (Lipinski definition) is 4. The topological polar surface area (TPSA) is 63.2 Å². The Kier molecular flexibility index (Phi) is 3.98. The van der Waals surface area contributed by atoms with Crippen molar-refractivity contribution in [3.8, 4) is 5.75 Å². The Morgan fingerprint density at radius 1 is 1.20 bits per heavy atom. The minimum atomic E-state index is -0.302. The molecule has 0 saturated heterocycles.